The number of aryl methyl sites for hydroxylation is 2. The first kappa shape index (κ1) is 12.7. The van der Waals surface area contributed by atoms with Gasteiger partial charge < -0.3 is 0 Å². The van der Waals surface area contributed by atoms with Crippen molar-refractivity contribution in [2.75, 3.05) is 0 Å². The van der Waals surface area contributed by atoms with E-state index in [1.165, 1.54) is 0 Å². The number of hydrogen-bond donors (Lipinski definition) is 2. The first-order valence-corrected chi connectivity index (χ1v) is 6.13. The van der Waals surface area contributed by atoms with Crippen molar-refractivity contribution in [2.45, 2.75) is 32.9 Å². The van der Waals surface area contributed by atoms with Gasteiger partial charge in [0.05, 0.1) is 17.9 Å². The van der Waals surface area contributed by atoms with E-state index in [1.807, 2.05) is 36.1 Å². The fraction of sp³-hybridized carbons (Fsp3) is 0.385. The minimum atomic E-state index is 0.0145. The van der Waals surface area contributed by atoms with Crippen LogP contribution in [0.15, 0.2) is 30.7 Å². The highest BCUT2D eigenvalue weighted by Crippen LogP contribution is 2.18. The zero-order chi connectivity index (χ0) is 13.0. The molecule has 0 bridgehead atoms. The van der Waals surface area contributed by atoms with Gasteiger partial charge in [0, 0.05) is 18.9 Å². The molecule has 2 aromatic heterocycles. The summed E-state index contributed by atoms with van der Waals surface area (Å²) >= 11 is 0. The number of pyridine rings is 1. The first-order valence-electron chi connectivity index (χ1n) is 6.13. The van der Waals surface area contributed by atoms with Gasteiger partial charge in [-0.1, -0.05) is 6.07 Å². The van der Waals surface area contributed by atoms with Crippen molar-refractivity contribution in [3.05, 3.63) is 47.5 Å². The maximum atomic E-state index is 5.64. The Hall–Kier alpha value is -1.72. The van der Waals surface area contributed by atoms with E-state index in [-0.39, 0.29) is 6.04 Å². The molecule has 0 aliphatic carbocycles. The molecule has 18 heavy (non-hydrogen) atoms. The summed E-state index contributed by atoms with van der Waals surface area (Å²) in [5.41, 5.74) is 6.12. The summed E-state index contributed by atoms with van der Waals surface area (Å²) in [4.78, 5) is 4.40. The third-order valence-electron chi connectivity index (χ3n) is 3.03. The molecule has 3 N–H and O–H groups in total. The maximum Gasteiger partial charge on any atom is 0.0676 e. The predicted molar refractivity (Wildman–Crippen MR) is 70.6 cm³/mol. The molecule has 2 rings (SSSR count). The molecule has 1 atom stereocenters. The summed E-state index contributed by atoms with van der Waals surface area (Å²) in [6, 6.07) is 3.99. The molecule has 5 heteroatoms. The van der Waals surface area contributed by atoms with Gasteiger partial charge >= 0.3 is 0 Å². The molecule has 0 amide bonds. The summed E-state index contributed by atoms with van der Waals surface area (Å²) in [6.45, 7) is 4.99. The average Bonchev–Trinajstić information content (AvgIpc) is 2.85. The highest BCUT2D eigenvalue weighted by molar-refractivity contribution is 5.23. The van der Waals surface area contributed by atoms with Crippen molar-refractivity contribution < 1.29 is 0 Å². The Labute approximate surface area is 107 Å². The van der Waals surface area contributed by atoms with E-state index in [2.05, 4.69) is 22.4 Å². The topological polar surface area (TPSA) is 68.8 Å². The molecule has 0 fully saturated rings. The number of hydrogen-bond acceptors (Lipinski definition) is 4. The van der Waals surface area contributed by atoms with E-state index in [4.69, 9.17) is 5.84 Å². The van der Waals surface area contributed by atoms with Crippen LogP contribution in [0.2, 0.25) is 0 Å². The third-order valence-corrected chi connectivity index (χ3v) is 3.03. The van der Waals surface area contributed by atoms with E-state index in [9.17, 15) is 0 Å². The summed E-state index contributed by atoms with van der Waals surface area (Å²) in [7, 11) is 0. The largest absolute Gasteiger partial charge is 0.273 e. The second kappa shape index (κ2) is 5.75. The lowest BCUT2D eigenvalue weighted by Crippen LogP contribution is -2.30. The van der Waals surface area contributed by atoms with Gasteiger partial charge in [0.15, 0.2) is 0 Å². The summed E-state index contributed by atoms with van der Waals surface area (Å²) < 4.78 is 1.91. The van der Waals surface area contributed by atoms with Crippen LogP contribution in [0.4, 0.5) is 0 Å². The second-order valence-corrected chi connectivity index (χ2v) is 4.33. The highest BCUT2D eigenvalue weighted by atomic mass is 15.3. The smallest absolute Gasteiger partial charge is 0.0676 e. The lowest BCUT2D eigenvalue weighted by molar-refractivity contribution is 0.535. The van der Waals surface area contributed by atoms with E-state index in [1.54, 1.807) is 6.20 Å². The molecule has 0 aliphatic heterocycles. The lowest BCUT2D eigenvalue weighted by atomic mass is 10.0. The fourth-order valence-corrected chi connectivity index (χ4v) is 2.02. The second-order valence-electron chi connectivity index (χ2n) is 4.33. The Kier molecular flexibility index (Phi) is 4.07. The Morgan fingerprint density at radius 3 is 2.94 bits per heavy atom. The van der Waals surface area contributed by atoms with Crippen molar-refractivity contribution in [3.63, 3.8) is 0 Å². The van der Waals surface area contributed by atoms with E-state index < -0.39 is 0 Å². The normalized spacial score (nSPS) is 12.6. The number of nitrogens with two attached hydrogens (primary N) is 1. The van der Waals surface area contributed by atoms with Gasteiger partial charge in [-0.05, 0) is 37.5 Å². The predicted octanol–water partition coefficient (Wildman–Crippen LogP) is 1.35. The van der Waals surface area contributed by atoms with Crippen LogP contribution < -0.4 is 11.3 Å². The Morgan fingerprint density at radius 2 is 2.33 bits per heavy atom. The third kappa shape index (κ3) is 2.75. The van der Waals surface area contributed by atoms with Gasteiger partial charge in [0.25, 0.3) is 0 Å². The van der Waals surface area contributed by atoms with Gasteiger partial charge in [-0.3, -0.25) is 20.9 Å². The molecule has 2 aromatic rings. The van der Waals surface area contributed by atoms with Gasteiger partial charge in [-0.2, -0.15) is 5.10 Å². The summed E-state index contributed by atoms with van der Waals surface area (Å²) in [5, 5.41) is 4.27. The molecule has 0 aliphatic rings. The molecule has 96 valence electrons. The van der Waals surface area contributed by atoms with Crippen LogP contribution in [0.25, 0.3) is 0 Å². The van der Waals surface area contributed by atoms with Crippen LogP contribution in [0, 0.1) is 6.92 Å². The van der Waals surface area contributed by atoms with Crippen molar-refractivity contribution in [2.24, 2.45) is 5.84 Å². The molecular formula is C13H19N5. The Balaban J connectivity index is 2.17. The molecule has 1 unspecified atom stereocenters. The van der Waals surface area contributed by atoms with Crippen LogP contribution in [-0.4, -0.2) is 14.8 Å². The lowest BCUT2D eigenvalue weighted by Gasteiger charge is -2.16. The van der Waals surface area contributed by atoms with Crippen LogP contribution in [0.5, 0.6) is 0 Å². The zero-order valence-electron chi connectivity index (χ0n) is 10.8. The maximum absolute atomic E-state index is 5.64. The van der Waals surface area contributed by atoms with Crippen molar-refractivity contribution >= 4 is 0 Å². The fourth-order valence-electron chi connectivity index (χ4n) is 2.02. The van der Waals surface area contributed by atoms with Crippen molar-refractivity contribution in [1.29, 1.82) is 0 Å². The van der Waals surface area contributed by atoms with E-state index >= 15 is 0 Å². The SMILES string of the molecule is CCn1cc(CC(NN)c2ncccc2C)cn1. The van der Waals surface area contributed by atoms with Crippen LogP contribution in [-0.2, 0) is 13.0 Å². The number of nitrogens with one attached hydrogen (secondary N) is 1. The van der Waals surface area contributed by atoms with Crippen molar-refractivity contribution in [3.8, 4) is 0 Å². The highest BCUT2D eigenvalue weighted by Gasteiger charge is 2.14. The van der Waals surface area contributed by atoms with E-state index in [0.29, 0.717) is 0 Å². The molecule has 0 radical (unpaired) electrons. The van der Waals surface area contributed by atoms with Gasteiger partial charge in [-0.25, -0.2) is 0 Å². The van der Waals surface area contributed by atoms with Crippen LogP contribution in [0.1, 0.15) is 29.8 Å². The minimum absolute atomic E-state index is 0.0145. The molecule has 5 nitrogen and oxygen atoms in total. The Bertz CT molecular complexity index is 506. The monoisotopic (exact) mass is 245 g/mol. The van der Waals surface area contributed by atoms with Crippen LogP contribution >= 0.6 is 0 Å². The number of hydrazine groups is 1. The van der Waals surface area contributed by atoms with Gasteiger partial charge in [0.1, 0.15) is 0 Å². The standard InChI is InChI=1S/C13H19N5/c1-3-18-9-11(8-16-18)7-12(17-14)13-10(2)5-4-6-15-13/h4-6,8-9,12,17H,3,7,14H2,1-2H3. The van der Waals surface area contributed by atoms with Gasteiger partial charge in [-0.15, -0.1) is 0 Å². The number of rotatable bonds is 5. The van der Waals surface area contributed by atoms with Crippen LogP contribution in [0.3, 0.4) is 0 Å². The first-order chi connectivity index (χ1) is 8.74. The van der Waals surface area contributed by atoms with E-state index in [0.717, 1.165) is 29.8 Å². The van der Waals surface area contributed by atoms with Crippen molar-refractivity contribution in [1.82, 2.24) is 20.2 Å². The average molecular weight is 245 g/mol. The molecular weight excluding hydrogens is 226 g/mol. The molecule has 2 heterocycles. The quantitative estimate of drug-likeness (QED) is 0.616. The molecule has 0 saturated carbocycles. The summed E-state index contributed by atoms with van der Waals surface area (Å²) in [6.07, 6.45) is 6.51. The molecule has 0 saturated heterocycles. The van der Waals surface area contributed by atoms with Gasteiger partial charge in [0.2, 0.25) is 0 Å². The number of nitrogens with zero attached hydrogens (tertiary/aromatic N) is 3. The molecule has 0 spiro atoms. The zero-order valence-corrected chi connectivity index (χ0v) is 10.8. The minimum Gasteiger partial charge on any atom is -0.273 e. The number of aromatic nitrogens is 3. The summed E-state index contributed by atoms with van der Waals surface area (Å²) in [5.74, 6) is 5.64. The Morgan fingerprint density at radius 1 is 1.50 bits per heavy atom. The molecule has 0 aromatic carbocycles.